The number of aliphatic imine (C=N–C) groups is 1. The van der Waals surface area contributed by atoms with Crippen molar-refractivity contribution in [1.29, 1.82) is 0 Å². The summed E-state index contributed by atoms with van der Waals surface area (Å²) in [5, 5.41) is 8.99. The van der Waals surface area contributed by atoms with Crippen LogP contribution in [0.15, 0.2) is 22.5 Å². The van der Waals surface area contributed by atoms with Crippen LogP contribution in [0.1, 0.15) is 31.1 Å². The highest BCUT2D eigenvalue weighted by Gasteiger charge is 2.19. The molecule has 2 rings (SSSR count). The SMILES string of the molecule is CCOCCCNC(=NC)NCC1CCN(Cc2cccs2)CC1. The summed E-state index contributed by atoms with van der Waals surface area (Å²) in [5.41, 5.74) is 0. The van der Waals surface area contributed by atoms with Crippen LogP contribution in [0.4, 0.5) is 0 Å². The van der Waals surface area contributed by atoms with Crippen molar-refractivity contribution in [2.45, 2.75) is 32.7 Å². The monoisotopic (exact) mass is 352 g/mol. The van der Waals surface area contributed by atoms with E-state index in [9.17, 15) is 0 Å². The molecule has 0 aromatic carbocycles. The summed E-state index contributed by atoms with van der Waals surface area (Å²) in [6.45, 7) is 9.05. The van der Waals surface area contributed by atoms with Crippen molar-refractivity contribution < 1.29 is 4.74 Å². The van der Waals surface area contributed by atoms with Crippen LogP contribution in [0, 0.1) is 5.92 Å². The topological polar surface area (TPSA) is 48.9 Å². The van der Waals surface area contributed by atoms with Gasteiger partial charge in [-0.3, -0.25) is 9.89 Å². The Morgan fingerprint density at radius 2 is 2.21 bits per heavy atom. The summed E-state index contributed by atoms with van der Waals surface area (Å²) in [6.07, 6.45) is 3.54. The van der Waals surface area contributed by atoms with Gasteiger partial charge in [-0.25, -0.2) is 0 Å². The van der Waals surface area contributed by atoms with Crippen LogP contribution in [0.25, 0.3) is 0 Å². The number of thiophene rings is 1. The second-order valence-corrected chi connectivity index (χ2v) is 7.26. The maximum atomic E-state index is 5.35. The maximum Gasteiger partial charge on any atom is 0.190 e. The van der Waals surface area contributed by atoms with Crippen LogP contribution in [-0.2, 0) is 11.3 Å². The van der Waals surface area contributed by atoms with Crippen molar-refractivity contribution in [3.05, 3.63) is 22.4 Å². The number of rotatable bonds is 9. The Labute approximate surface area is 150 Å². The van der Waals surface area contributed by atoms with Crippen LogP contribution in [0.5, 0.6) is 0 Å². The lowest BCUT2D eigenvalue weighted by Crippen LogP contribution is -2.43. The minimum atomic E-state index is 0.742. The second kappa shape index (κ2) is 11.4. The molecule has 1 aromatic heterocycles. The van der Waals surface area contributed by atoms with Crippen molar-refractivity contribution in [2.24, 2.45) is 10.9 Å². The molecule has 1 aliphatic heterocycles. The molecule has 0 atom stereocenters. The van der Waals surface area contributed by atoms with E-state index in [2.05, 4.69) is 38.0 Å². The van der Waals surface area contributed by atoms with E-state index in [0.29, 0.717) is 0 Å². The van der Waals surface area contributed by atoms with E-state index in [0.717, 1.165) is 51.1 Å². The molecule has 5 nitrogen and oxygen atoms in total. The van der Waals surface area contributed by atoms with Gasteiger partial charge in [0.05, 0.1) is 0 Å². The third kappa shape index (κ3) is 7.20. The number of hydrogen-bond acceptors (Lipinski definition) is 4. The van der Waals surface area contributed by atoms with Gasteiger partial charge in [0.2, 0.25) is 0 Å². The number of ether oxygens (including phenoxy) is 1. The fourth-order valence-electron chi connectivity index (χ4n) is 2.96. The molecule has 0 unspecified atom stereocenters. The minimum absolute atomic E-state index is 0.742. The van der Waals surface area contributed by atoms with Gasteiger partial charge in [0.1, 0.15) is 0 Å². The average Bonchev–Trinajstić information content (AvgIpc) is 3.12. The molecule has 1 aliphatic rings. The van der Waals surface area contributed by atoms with Crippen LogP contribution >= 0.6 is 11.3 Å². The summed E-state index contributed by atoms with van der Waals surface area (Å²) in [6, 6.07) is 4.38. The van der Waals surface area contributed by atoms with E-state index in [4.69, 9.17) is 4.74 Å². The Bertz CT molecular complexity index is 456. The highest BCUT2D eigenvalue weighted by atomic mass is 32.1. The number of nitrogens with zero attached hydrogens (tertiary/aromatic N) is 2. The van der Waals surface area contributed by atoms with Crippen LogP contribution < -0.4 is 10.6 Å². The van der Waals surface area contributed by atoms with Crippen molar-refractivity contribution in [3.63, 3.8) is 0 Å². The molecular formula is C18H32N4OS. The Kier molecular flexibility index (Phi) is 9.16. The van der Waals surface area contributed by atoms with Crippen molar-refractivity contribution in [3.8, 4) is 0 Å². The normalized spacial score (nSPS) is 17.2. The van der Waals surface area contributed by atoms with E-state index in [1.165, 1.54) is 30.8 Å². The summed E-state index contributed by atoms with van der Waals surface area (Å²) in [4.78, 5) is 8.35. The zero-order valence-corrected chi connectivity index (χ0v) is 15.9. The molecular weight excluding hydrogens is 320 g/mol. The molecule has 6 heteroatoms. The van der Waals surface area contributed by atoms with Gasteiger partial charge in [0.15, 0.2) is 5.96 Å². The molecule has 2 heterocycles. The third-order valence-corrected chi connectivity index (χ3v) is 5.27. The number of hydrogen-bond donors (Lipinski definition) is 2. The zero-order chi connectivity index (χ0) is 17.0. The Hall–Kier alpha value is -1.11. The summed E-state index contributed by atoms with van der Waals surface area (Å²) < 4.78 is 5.35. The van der Waals surface area contributed by atoms with E-state index in [1.54, 1.807) is 0 Å². The van der Waals surface area contributed by atoms with Gasteiger partial charge in [-0.2, -0.15) is 0 Å². The predicted molar refractivity (Wildman–Crippen MR) is 103 cm³/mol. The first-order valence-electron chi connectivity index (χ1n) is 9.08. The first-order chi connectivity index (χ1) is 11.8. The minimum Gasteiger partial charge on any atom is -0.382 e. The quantitative estimate of drug-likeness (QED) is 0.407. The summed E-state index contributed by atoms with van der Waals surface area (Å²) >= 11 is 1.86. The van der Waals surface area contributed by atoms with Gasteiger partial charge in [-0.05, 0) is 56.6 Å². The molecule has 2 N–H and O–H groups in total. The lowest BCUT2D eigenvalue weighted by atomic mass is 9.97. The Balaban J connectivity index is 1.57. The van der Waals surface area contributed by atoms with Gasteiger partial charge < -0.3 is 15.4 Å². The van der Waals surface area contributed by atoms with Gasteiger partial charge in [0.25, 0.3) is 0 Å². The fourth-order valence-corrected chi connectivity index (χ4v) is 3.70. The lowest BCUT2D eigenvalue weighted by molar-refractivity contribution is 0.145. The number of likely N-dealkylation sites (tertiary alicyclic amines) is 1. The zero-order valence-electron chi connectivity index (χ0n) is 15.1. The molecule has 1 saturated heterocycles. The van der Waals surface area contributed by atoms with Gasteiger partial charge in [-0.1, -0.05) is 6.07 Å². The number of nitrogens with one attached hydrogen (secondary N) is 2. The fraction of sp³-hybridized carbons (Fsp3) is 0.722. The van der Waals surface area contributed by atoms with Crippen LogP contribution in [0.2, 0.25) is 0 Å². The largest absolute Gasteiger partial charge is 0.382 e. The molecule has 0 bridgehead atoms. The van der Waals surface area contributed by atoms with Crippen molar-refractivity contribution >= 4 is 17.3 Å². The highest BCUT2D eigenvalue weighted by Crippen LogP contribution is 2.20. The van der Waals surface area contributed by atoms with E-state index < -0.39 is 0 Å². The van der Waals surface area contributed by atoms with Crippen LogP contribution in [0.3, 0.4) is 0 Å². The molecule has 1 aromatic rings. The Morgan fingerprint density at radius 3 is 2.88 bits per heavy atom. The highest BCUT2D eigenvalue weighted by molar-refractivity contribution is 7.09. The van der Waals surface area contributed by atoms with Crippen molar-refractivity contribution in [1.82, 2.24) is 15.5 Å². The van der Waals surface area contributed by atoms with E-state index >= 15 is 0 Å². The number of piperidine rings is 1. The van der Waals surface area contributed by atoms with Crippen molar-refractivity contribution in [2.75, 3.05) is 46.4 Å². The average molecular weight is 353 g/mol. The summed E-state index contributed by atoms with van der Waals surface area (Å²) in [7, 11) is 1.83. The lowest BCUT2D eigenvalue weighted by Gasteiger charge is -2.32. The molecule has 24 heavy (non-hydrogen) atoms. The van der Waals surface area contributed by atoms with Gasteiger partial charge in [0, 0.05) is 44.8 Å². The second-order valence-electron chi connectivity index (χ2n) is 6.23. The Morgan fingerprint density at radius 1 is 1.38 bits per heavy atom. The molecule has 0 saturated carbocycles. The van der Waals surface area contributed by atoms with E-state index in [1.807, 2.05) is 25.3 Å². The van der Waals surface area contributed by atoms with E-state index in [-0.39, 0.29) is 0 Å². The first-order valence-corrected chi connectivity index (χ1v) is 9.96. The third-order valence-electron chi connectivity index (χ3n) is 4.41. The smallest absolute Gasteiger partial charge is 0.190 e. The summed E-state index contributed by atoms with van der Waals surface area (Å²) in [5.74, 6) is 1.65. The van der Waals surface area contributed by atoms with Gasteiger partial charge in [-0.15, -0.1) is 11.3 Å². The molecule has 0 amide bonds. The molecule has 0 radical (unpaired) electrons. The van der Waals surface area contributed by atoms with Crippen LogP contribution in [-0.4, -0.2) is 57.3 Å². The molecule has 0 aliphatic carbocycles. The molecule has 136 valence electrons. The van der Waals surface area contributed by atoms with Gasteiger partial charge >= 0.3 is 0 Å². The molecule has 1 fully saturated rings. The number of guanidine groups is 1. The standard InChI is InChI=1S/C18H32N4OS/c1-3-23-12-5-9-20-18(19-2)21-14-16-7-10-22(11-8-16)15-17-6-4-13-24-17/h4,6,13,16H,3,5,7-12,14-15H2,1-2H3,(H2,19,20,21). The molecule has 0 spiro atoms. The maximum absolute atomic E-state index is 5.35. The first kappa shape index (κ1) is 19.2. The predicted octanol–water partition coefficient (Wildman–Crippen LogP) is 2.55.